The fraction of sp³-hybridized carbons (Fsp3) is 0.692. The van der Waals surface area contributed by atoms with E-state index in [1.807, 2.05) is 0 Å². The van der Waals surface area contributed by atoms with Crippen molar-refractivity contribution in [1.82, 2.24) is 5.32 Å². The van der Waals surface area contributed by atoms with Crippen LogP contribution in [-0.2, 0) is 19.1 Å². The molecule has 0 bridgehead atoms. The van der Waals surface area contributed by atoms with Crippen LogP contribution in [0.5, 0.6) is 0 Å². The molecule has 1 aliphatic heterocycles. The lowest BCUT2D eigenvalue weighted by Crippen LogP contribution is -2.59. The number of azide groups is 1. The highest BCUT2D eigenvalue weighted by molar-refractivity contribution is 5.86. The van der Waals surface area contributed by atoms with E-state index in [9.17, 15) is 19.8 Å². The van der Waals surface area contributed by atoms with E-state index >= 15 is 0 Å². The molecule has 1 heterocycles. The number of methoxy groups -OCH3 is 1. The first-order valence-corrected chi connectivity index (χ1v) is 7.16. The fourth-order valence-electron chi connectivity index (χ4n) is 2.16. The number of carbonyl (C=O) groups is 2. The van der Waals surface area contributed by atoms with E-state index in [2.05, 4.69) is 20.1 Å². The van der Waals surface area contributed by atoms with E-state index in [-0.39, 0.29) is 12.2 Å². The molecular weight excluding hydrogens is 324 g/mol. The average Bonchev–Trinajstić information content (AvgIpc) is 2.60. The van der Waals surface area contributed by atoms with E-state index in [1.165, 1.54) is 0 Å². The van der Waals surface area contributed by atoms with Gasteiger partial charge in [0, 0.05) is 11.3 Å². The van der Waals surface area contributed by atoms with E-state index in [4.69, 9.17) is 15.4 Å². The monoisotopic (exact) mass is 344 g/mol. The Morgan fingerprint density at radius 1 is 1.54 bits per heavy atom. The lowest BCUT2D eigenvalue weighted by atomic mass is 9.92. The number of amides is 1. The van der Waals surface area contributed by atoms with E-state index in [0.717, 1.165) is 13.2 Å². The lowest BCUT2D eigenvalue weighted by Gasteiger charge is -2.38. The molecular formula is C13H20N4O7. The fourth-order valence-corrected chi connectivity index (χ4v) is 2.16. The van der Waals surface area contributed by atoms with Crippen LogP contribution >= 0.6 is 0 Å². The zero-order valence-electron chi connectivity index (χ0n) is 13.2. The summed E-state index contributed by atoms with van der Waals surface area (Å²) in [5, 5.41) is 34.8. The molecule has 0 saturated heterocycles. The van der Waals surface area contributed by atoms with Crippen molar-refractivity contribution < 1.29 is 34.4 Å². The van der Waals surface area contributed by atoms with Crippen LogP contribution in [0.1, 0.15) is 13.3 Å². The Hall–Kier alpha value is -2.33. The van der Waals surface area contributed by atoms with E-state index < -0.39 is 48.9 Å². The topological polar surface area (TPSA) is 174 Å². The number of carbonyl (C=O) groups excluding carboxylic acids is 2. The Bertz CT molecular complexity index is 546. The lowest BCUT2D eigenvalue weighted by molar-refractivity contribution is -0.149. The number of aliphatic hydroxyl groups is 3. The number of aliphatic hydroxyl groups excluding tert-OH is 3. The van der Waals surface area contributed by atoms with Crippen molar-refractivity contribution in [1.29, 1.82) is 0 Å². The summed E-state index contributed by atoms with van der Waals surface area (Å²) in [7, 11) is 1.11. The Balaban J connectivity index is 3.26. The van der Waals surface area contributed by atoms with Gasteiger partial charge in [0.2, 0.25) is 11.7 Å². The van der Waals surface area contributed by atoms with Crippen molar-refractivity contribution in [3.8, 4) is 0 Å². The van der Waals surface area contributed by atoms with Gasteiger partial charge in [0.05, 0.1) is 25.8 Å². The Labute approximate surface area is 137 Å². The molecule has 1 rings (SSSR count). The van der Waals surface area contributed by atoms with Crippen LogP contribution in [0.3, 0.4) is 0 Å². The molecule has 0 unspecified atom stereocenters. The second kappa shape index (κ2) is 9.08. The highest BCUT2D eigenvalue weighted by atomic mass is 16.6. The van der Waals surface area contributed by atoms with Crippen LogP contribution in [0.4, 0.5) is 0 Å². The minimum absolute atomic E-state index is 0.110. The first-order valence-electron chi connectivity index (χ1n) is 7.16. The number of esters is 1. The molecule has 5 atom stereocenters. The molecule has 1 aliphatic rings. The molecule has 11 heteroatoms. The zero-order chi connectivity index (χ0) is 18.3. The summed E-state index contributed by atoms with van der Waals surface area (Å²) in [5.41, 5.74) is 8.70. The van der Waals surface area contributed by atoms with Gasteiger partial charge < -0.3 is 30.1 Å². The van der Waals surface area contributed by atoms with Crippen molar-refractivity contribution >= 4 is 11.9 Å². The predicted octanol–water partition coefficient (Wildman–Crippen LogP) is -1.27. The molecule has 0 aromatic heterocycles. The molecule has 0 saturated carbocycles. The third-order valence-corrected chi connectivity index (χ3v) is 3.45. The summed E-state index contributed by atoms with van der Waals surface area (Å²) in [6.07, 6.45) is -3.35. The van der Waals surface area contributed by atoms with E-state index in [1.54, 1.807) is 6.92 Å². The average molecular weight is 344 g/mol. The second-order valence-corrected chi connectivity index (χ2v) is 4.99. The van der Waals surface area contributed by atoms with Crippen LogP contribution in [0.25, 0.3) is 10.4 Å². The number of nitrogens with one attached hydrogen (secondary N) is 1. The highest BCUT2D eigenvalue weighted by Crippen LogP contribution is 2.25. The molecule has 0 spiro atoms. The zero-order valence-corrected chi connectivity index (χ0v) is 13.2. The van der Waals surface area contributed by atoms with Crippen molar-refractivity contribution in [2.75, 3.05) is 13.7 Å². The summed E-state index contributed by atoms with van der Waals surface area (Å²) in [5.74, 6) is -1.65. The number of ether oxygens (including phenoxy) is 2. The molecule has 134 valence electrons. The minimum atomic E-state index is -1.66. The number of hydrogen-bond acceptors (Lipinski definition) is 8. The molecule has 0 aliphatic carbocycles. The van der Waals surface area contributed by atoms with Crippen LogP contribution in [0.2, 0.25) is 0 Å². The first-order chi connectivity index (χ1) is 11.4. The second-order valence-electron chi connectivity index (χ2n) is 4.99. The predicted molar refractivity (Wildman–Crippen MR) is 79.2 cm³/mol. The van der Waals surface area contributed by atoms with E-state index in [0.29, 0.717) is 0 Å². The maximum Gasteiger partial charge on any atom is 0.372 e. The van der Waals surface area contributed by atoms with Gasteiger partial charge in [-0.3, -0.25) is 4.79 Å². The summed E-state index contributed by atoms with van der Waals surface area (Å²) >= 11 is 0. The standard InChI is InChI=1S/C13H20N4O7/c1-3-9(20)15-10-6(16-17-14)4-8(13(22)23-2)24-12(10)11(21)7(19)5-18/h4,6-7,10-12,18-19,21H,3,5H2,1-2H3,(H,15,20)/t6-,7+,10+,11+,12+/m0/s1. The van der Waals surface area contributed by atoms with Gasteiger partial charge in [0.1, 0.15) is 18.3 Å². The molecule has 0 fully saturated rings. The quantitative estimate of drug-likeness (QED) is 0.193. The summed E-state index contributed by atoms with van der Waals surface area (Å²) < 4.78 is 9.85. The number of rotatable bonds is 7. The van der Waals surface area contributed by atoms with Gasteiger partial charge >= 0.3 is 5.97 Å². The van der Waals surface area contributed by atoms with Gasteiger partial charge in [-0.2, -0.15) is 0 Å². The van der Waals surface area contributed by atoms with Crippen LogP contribution < -0.4 is 5.32 Å². The van der Waals surface area contributed by atoms with Gasteiger partial charge in [0.15, 0.2) is 0 Å². The Morgan fingerprint density at radius 3 is 2.71 bits per heavy atom. The molecule has 0 aromatic carbocycles. The van der Waals surface area contributed by atoms with Crippen LogP contribution in [0.15, 0.2) is 16.9 Å². The molecule has 11 nitrogen and oxygen atoms in total. The van der Waals surface area contributed by atoms with Crippen molar-refractivity contribution in [3.63, 3.8) is 0 Å². The summed E-state index contributed by atoms with van der Waals surface area (Å²) in [4.78, 5) is 26.0. The first kappa shape index (κ1) is 19.7. The maximum absolute atomic E-state index is 11.7. The maximum atomic E-state index is 11.7. The number of nitrogens with zero attached hydrogens (tertiary/aromatic N) is 3. The molecule has 4 N–H and O–H groups in total. The van der Waals surface area contributed by atoms with Gasteiger partial charge in [0.25, 0.3) is 0 Å². The van der Waals surface area contributed by atoms with Gasteiger partial charge in [-0.05, 0) is 11.6 Å². The summed E-state index contributed by atoms with van der Waals surface area (Å²) in [6.45, 7) is 0.810. The van der Waals surface area contributed by atoms with Crippen molar-refractivity contribution in [3.05, 3.63) is 22.3 Å². The van der Waals surface area contributed by atoms with Crippen molar-refractivity contribution in [2.45, 2.75) is 43.7 Å². The molecule has 0 aromatic rings. The molecule has 1 amide bonds. The summed E-state index contributed by atoms with van der Waals surface area (Å²) in [6, 6.07) is -2.13. The third-order valence-electron chi connectivity index (χ3n) is 3.45. The van der Waals surface area contributed by atoms with Gasteiger partial charge in [-0.25, -0.2) is 4.79 Å². The highest BCUT2D eigenvalue weighted by Gasteiger charge is 2.43. The Kier molecular flexibility index (Phi) is 7.46. The SMILES string of the molecule is CCC(=O)N[C@H]1[C@H]([C@H](O)[C@H](O)CO)OC(C(=O)OC)=C[C@@H]1N=[N+]=[N-]. The van der Waals surface area contributed by atoms with Gasteiger partial charge in [-0.15, -0.1) is 0 Å². The molecule has 24 heavy (non-hydrogen) atoms. The molecule has 0 radical (unpaired) electrons. The number of hydrogen-bond donors (Lipinski definition) is 4. The van der Waals surface area contributed by atoms with Crippen LogP contribution in [-0.4, -0.2) is 71.3 Å². The smallest absolute Gasteiger partial charge is 0.372 e. The minimum Gasteiger partial charge on any atom is -0.478 e. The van der Waals surface area contributed by atoms with Gasteiger partial charge in [-0.1, -0.05) is 12.0 Å². The Morgan fingerprint density at radius 2 is 2.21 bits per heavy atom. The van der Waals surface area contributed by atoms with Crippen LogP contribution in [0, 0.1) is 0 Å². The van der Waals surface area contributed by atoms with Crippen molar-refractivity contribution in [2.24, 2.45) is 5.11 Å². The largest absolute Gasteiger partial charge is 0.478 e. The normalized spacial score (nSPS) is 25.4. The third kappa shape index (κ3) is 4.59.